The number of hydrogen-bond donors (Lipinski definition) is 2. The number of thiazole rings is 1. The largest absolute Gasteiger partial charge is 0.497 e. The van der Waals surface area contributed by atoms with Crippen LogP contribution in [0.15, 0.2) is 46.4 Å². The van der Waals surface area contributed by atoms with E-state index in [0.717, 1.165) is 4.31 Å². The molecule has 10 nitrogen and oxygen atoms in total. The minimum Gasteiger partial charge on any atom is -0.497 e. The number of aromatic nitrogens is 2. The van der Waals surface area contributed by atoms with E-state index in [2.05, 4.69) is 15.3 Å². The van der Waals surface area contributed by atoms with Crippen molar-refractivity contribution in [3.05, 3.63) is 58.3 Å². The molecular weight excluding hydrogens is 497 g/mol. The third-order valence-electron chi connectivity index (χ3n) is 5.74. The van der Waals surface area contributed by atoms with Crippen LogP contribution in [0.3, 0.4) is 0 Å². The lowest BCUT2D eigenvalue weighted by atomic mass is 10.2. The highest BCUT2D eigenvalue weighted by Gasteiger charge is 2.33. The van der Waals surface area contributed by atoms with E-state index in [1.807, 2.05) is 0 Å². The second-order valence-electron chi connectivity index (χ2n) is 7.98. The number of carboxylic acid groups (broad SMARTS) is 1. The molecule has 0 spiro atoms. The molecule has 0 radical (unpaired) electrons. The van der Waals surface area contributed by atoms with Crippen LogP contribution < -0.4 is 14.4 Å². The summed E-state index contributed by atoms with van der Waals surface area (Å²) >= 11 is 1.22. The number of nitrogens with zero attached hydrogens (tertiary/aromatic N) is 4. The topological polar surface area (TPSA) is 125 Å². The molecule has 1 aromatic carbocycles. The van der Waals surface area contributed by atoms with Crippen LogP contribution >= 0.6 is 11.3 Å². The van der Waals surface area contributed by atoms with Crippen molar-refractivity contribution in [3.8, 4) is 5.75 Å². The number of benzene rings is 1. The highest BCUT2D eigenvalue weighted by atomic mass is 32.2. The van der Waals surface area contributed by atoms with Crippen molar-refractivity contribution < 1.29 is 27.4 Å². The molecule has 3 aromatic rings. The van der Waals surface area contributed by atoms with Crippen LogP contribution in [-0.4, -0.2) is 60.7 Å². The van der Waals surface area contributed by atoms with Gasteiger partial charge in [0.1, 0.15) is 5.75 Å². The van der Waals surface area contributed by atoms with Gasteiger partial charge in [0.15, 0.2) is 11.6 Å². The molecule has 13 heteroatoms. The van der Waals surface area contributed by atoms with Crippen molar-refractivity contribution in [3.63, 3.8) is 0 Å². The standard InChI is InChI=1S/C22H24FN5O5S2/c1-14-18(26-16-7-8-27(11-16)22(29)30)9-24-21(20(14)23)35(31,32)28(19-12-34-13-25-19)10-15-3-5-17(33-2)6-4-15/h3-6,9,12-13,16,26H,7-8,10-11H2,1-2H3,(H,29,30). The number of methoxy groups -OCH3 is 1. The highest BCUT2D eigenvalue weighted by molar-refractivity contribution is 7.92. The van der Waals surface area contributed by atoms with Gasteiger partial charge in [0.25, 0.3) is 10.0 Å². The molecule has 1 fully saturated rings. The molecule has 2 aromatic heterocycles. The Morgan fingerprint density at radius 1 is 1.34 bits per heavy atom. The molecule has 4 rings (SSSR count). The van der Waals surface area contributed by atoms with Gasteiger partial charge in [-0.2, -0.15) is 8.42 Å². The number of anilines is 2. The molecule has 1 aliphatic rings. The summed E-state index contributed by atoms with van der Waals surface area (Å²) in [5.41, 5.74) is 2.54. The molecule has 1 aliphatic heterocycles. The molecule has 35 heavy (non-hydrogen) atoms. The summed E-state index contributed by atoms with van der Waals surface area (Å²) in [4.78, 5) is 20.5. The maximum absolute atomic E-state index is 15.4. The van der Waals surface area contributed by atoms with E-state index in [0.29, 0.717) is 30.0 Å². The molecule has 1 saturated heterocycles. The monoisotopic (exact) mass is 521 g/mol. The van der Waals surface area contributed by atoms with E-state index >= 15 is 4.39 Å². The average Bonchev–Trinajstić information content (AvgIpc) is 3.53. The Morgan fingerprint density at radius 3 is 2.69 bits per heavy atom. The van der Waals surface area contributed by atoms with Crippen LogP contribution in [0.2, 0.25) is 0 Å². The summed E-state index contributed by atoms with van der Waals surface area (Å²) in [7, 11) is -2.88. The van der Waals surface area contributed by atoms with E-state index in [4.69, 9.17) is 9.84 Å². The second-order valence-corrected chi connectivity index (χ2v) is 10.5. The van der Waals surface area contributed by atoms with E-state index < -0.39 is 27.0 Å². The fourth-order valence-electron chi connectivity index (χ4n) is 3.77. The first-order chi connectivity index (χ1) is 16.7. The smallest absolute Gasteiger partial charge is 0.407 e. The normalized spacial score (nSPS) is 15.7. The van der Waals surface area contributed by atoms with E-state index in [9.17, 15) is 13.2 Å². The maximum Gasteiger partial charge on any atom is 0.407 e. The fraction of sp³-hybridized carbons (Fsp3) is 0.318. The molecule has 1 amide bonds. The lowest BCUT2D eigenvalue weighted by molar-refractivity contribution is 0.155. The quantitative estimate of drug-likeness (QED) is 0.461. The van der Waals surface area contributed by atoms with Crippen molar-refractivity contribution in [2.45, 2.75) is 31.0 Å². The van der Waals surface area contributed by atoms with Crippen molar-refractivity contribution in [1.29, 1.82) is 0 Å². The number of likely N-dealkylation sites (tertiary alicyclic amines) is 1. The number of pyridine rings is 1. The summed E-state index contributed by atoms with van der Waals surface area (Å²) in [6.45, 7) is 1.99. The molecular formula is C22H24FN5O5S2. The van der Waals surface area contributed by atoms with Crippen molar-refractivity contribution in [2.24, 2.45) is 0 Å². The van der Waals surface area contributed by atoms with Crippen LogP contribution in [0, 0.1) is 12.7 Å². The zero-order valence-corrected chi connectivity index (χ0v) is 20.6. The number of sulfonamides is 1. The molecule has 0 aliphatic carbocycles. The molecule has 0 saturated carbocycles. The average molecular weight is 522 g/mol. The summed E-state index contributed by atoms with van der Waals surface area (Å²) < 4.78 is 48.7. The predicted octanol–water partition coefficient (Wildman–Crippen LogP) is 3.55. The highest BCUT2D eigenvalue weighted by Crippen LogP contribution is 2.30. The van der Waals surface area contributed by atoms with Gasteiger partial charge in [-0.25, -0.2) is 23.5 Å². The number of carbonyl (C=O) groups is 1. The Hall–Kier alpha value is -3.45. The summed E-state index contributed by atoms with van der Waals surface area (Å²) in [6, 6.07) is 6.63. The van der Waals surface area contributed by atoms with Gasteiger partial charge in [-0.1, -0.05) is 12.1 Å². The van der Waals surface area contributed by atoms with Crippen LogP contribution in [-0.2, 0) is 16.6 Å². The van der Waals surface area contributed by atoms with E-state index in [1.54, 1.807) is 29.6 Å². The predicted molar refractivity (Wildman–Crippen MR) is 129 cm³/mol. The Balaban J connectivity index is 1.63. The van der Waals surface area contributed by atoms with Crippen molar-refractivity contribution in [2.75, 3.05) is 29.8 Å². The maximum atomic E-state index is 15.4. The second kappa shape index (κ2) is 10.0. The zero-order valence-electron chi connectivity index (χ0n) is 19.0. The summed E-state index contributed by atoms with van der Waals surface area (Å²) in [5, 5.41) is 13.1. The third kappa shape index (κ3) is 5.15. The summed E-state index contributed by atoms with van der Waals surface area (Å²) in [6.07, 6.45) is 0.796. The van der Waals surface area contributed by atoms with Crippen LogP contribution in [0.5, 0.6) is 5.75 Å². The van der Waals surface area contributed by atoms with Gasteiger partial charge in [0, 0.05) is 30.1 Å². The van der Waals surface area contributed by atoms with Crippen molar-refractivity contribution in [1.82, 2.24) is 14.9 Å². The number of amides is 1. The van der Waals surface area contributed by atoms with Crippen LogP contribution in [0.25, 0.3) is 0 Å². The first kappa shape index (κ1) is 24.7. The van der Waals surface area contributed by atoms with Gasteiger partial charge in [0.05, 0.1) is 31.0 Å². The van der Waals surface area contributed by atoms with Gasteiger partial charge in [-0.05, 0) is 31.0 Å². The van der Waals surface area contributed by atoms with Crippen LogP contribution in [0.4, 0.5) is 20.7 Å². The third-order valence-corrected chi connectivity index (χ3v) is 7.99. The Kier molecular flexibility index (Phi) is 7.08. The number of nitrogens with one attached hydrogen (secondary N) is 1. The van der Waals surface area contributed by atoms with Crippen LogP contribution in [0.1, 0.15) is 17.5 Å². The molecule has 1 atom stereocenters. The van der Waals surface area contributed by atoms with Gasteiger partial charge >= 0.3 is 6.09 Å². The first-order valence-corrected chi connectivity index (χ1v) is 13.0. The Morgan fingerprint density at radius 2 is 2.09 bits per heavy atom. The summed E-state index contributed by atoms with van der Waals surface area (Å²) in [5.74, 6) is -0.193. The number of ether oxygens (including phenoxy) is 1. The molecule has 0 bridgehead atoms. The minimum atomic E-state index is -4.41. The van der Waals surface area contributed by atoms with E-state index in [1.165, 1.54) is 42.0 Å². The molecule has 1 unspecified atom stereocenters. The zero-order chi connectivity index (χ0) is 25.2. The minimum absolute atomic E-state index is 0.0787. The van der Waals surface area contributed by atoms with Gasteiger partial charge in [-0.3, -0.25) is 0 Å². The Bertz CT molecular complexity index is 1300. The number of rotatable bonds is 8. The number of halogens is 1. The SMILES string of the molecule is COc1ccc(CN(c2cscn2)S(=O)(=O)c2ncc(NC3CCN(C(=O)O)C3)c(C)c2F)cc1. The molecule has 2 N–H and O–H groups in total. The molecule has 3 heterocycles. The van der Waals surface area contributed by atoms with Gasteiger partial charge < -0.3 is 20.1 Å². The first-order valence-electron chi connectivity index (χ1n) is 10.6. The Labute approximate surface area is 206 Å². The number of hydrogen-bond acceptors (Lipinski definition) is 8. The lowest BCUT2D eigenvalue weighted by Gasteiger charge is -2.23. The fourth-order valence-corrected chi connectivity index (χ4v) is 5.82. The van der Waals surface area contributed by atoms with E-state index in [-0.39, 0.29) is 30.5 Å². The lowest BCUT2D eigenvalue weighted by Crippen LogP contribution is -2.33. The van der Waals surface area contributed by atoms with Crippen molar-refractivity contribution >= 4 is 39.0 Å². The van der Waals surface area contributed by atoms with Gasteiger partial charge in [0.2, 0.25) is 5.03 Å². The van der Waals surface area contributed by atoms with Gasteiger partial charge in [-0.15, -0.1) is 11.3 Å². The molecule has 186 valence electrons.